The van der Waals surface area contributed by atoms with Gasteiger partial charge in [0.1, 0.15) is 24.3 Å². The van der Waals surface area contributed by atoms with Gasteiger partial charge in [-0.05, 0) is 18.6 Å². The van der Waals surface area contributed by atoms with Crippen LogP contribution < -0.4 is 0 Å². The fraction of sp³-hybridized carbons (Fsp3) is 0.385. The fourth-order valence-corrected chi connectivity index (χ4v) is 2.85. The average molecular weight is 316 g/mol. The van der Waals surface area contributed by atoms with Crippen molar-refractivity contribution in [3.63, 3.8) is 0 Å². The highest BCUT2D eigenvalue weighted by Crippen LogP contribution is 2.40. The first kappa shape index (κ1) is 15.3. The van der Waals surface area contributed by atoms with E-state index in [0.717, 1.165) is 0 Å². The Balaban J connectivity index is 2.51. The van der Waals surface area contributed by atoms with E-state index in [4.69, 9.17) is 23.2 Å². The first-order valence-corrected chi connectivity index (χ1v) is 6.91. The van der Waals surface area contributed by atoms with Crippen molar-refractivity contribution < 1.29 is 10.2 Å². The Morgan fingerprint density at radius 1 is 1.40 bits per heavy atom. The molecule has 7 heteroatoms. The van der Waals surface area contributed by atoms with Gasteiger partial charge in [-0.1, -0.05) is 36.2 Å². The van der Waals surface area contributed by atoms with Crippen LogP contribution in [0.1, 0.15) is 24.9 Å². The molecule has 0 spiro atoms. The van der Waals surface area contributed by atoms with Crippen molar-refractivity contribution in [1.29, 1.82) is 0 Å². The van der Waals surface area contributed by atoms with E-state index < -0.39 is 11.6 Å². The third-order valence-corrected chi connectivity index (χ3v) is 3.96. The quantitative estimate of drug-likeness (QED) is 0.889. The summed E-state index contributed by atoms with van der Waals surface area (Å²) in [5.74, 6) is 0. The number of aromatic nitrogens is 3. The lowest BCUT2D eigenvalue weighted by molar-refractivity contribution is -0.0459. The zero-order valence-electron chi connectivity index (χ0n) is 10.9. The summed E-state index contributed by atoms with van der Waals surface area (Å²) in [5.41, 5.74) is -0.870. The Labute approximate surface area is 126 Å². The molecule has 1 heterocycles. The van der Waals surface area contributed by atoms with Gasteiger partial charge in [-0.2, -0.15) is 5.10 Å². The van der Waals surface area contributed by atoms with Crippen LogP contribution in [0.5, 0.6) is 0 Å². The lowest BCUT2D eigenvalue weighted by Crippen LogP contribution is -2.39. The van der Waals surface area contributed by atoms with Gasteiger partial charge in [0, 0.05) is 15.6 Å². The maximum absolute atomic E-state index is 11.0. The molecule has 20 heavy (non-hydrogen) atoms. The summed E-state index contributed by atoms with van der Waals surface area (Å²) < 4.78 is 1.43. The lowest BCUT2D eigenvalue weighted by atomic mass is 9.84. The van der Waals surface area contributed by atoms with Gasteiger partial charge in [0.2, 0.25) is 0 Å². The maximum Gasteiger partial charge on any atom is 0.137 e. The van der Waals surface area contributed by atoms with Crippen molar-refractivity contribution >= 4 is 23.2 Å². The molecule has 108 valence electrons. The number of aliphatic hydroxyl groups is 2. The van der Waals surface area contributed by atoms with Crippen LogP contribution in [0.15, 0.2) is 30.9 Å². The first-order valence-electron chi connectivity index (χ1n) is 6.15. The molecule has 0 bridgehead atoms. The van der Waals surface area contributed by atoms with E-state index in [1.165, 1.54) is 17.3 Å². The summed E-state index contributed by atoms with van der Waals surface area (Å²) >= 11 is 12.1. The zero-order valence-corrected chi connectivity index (χ0v) is 12.4. The predicted molar refractivity (Wildman–Crippen MR) is 76.8 cm³/mol. The summed E-state index contributed by atoms with van der Waals surface area (Å²) in [6.07, 6.45) is 3.15. The number of hydrogen-bond acceptors (Lipinski definition) is 4. The normalized spacial score (nSPS) is 15.8. The van der Waals surface area contributed by atoms with Gasteiger partial charge < -0.3 is 10.2 Å². The van der Waals surface area contributed by atoms with Crippen LogP contribution in [-0.4, -0.2) is 31.6 Å². The van der Waals surface area contributed by atoms with E-state index in [2.05, 4.69) is 10.1 Å². The Morgan fingerprint density at radius 2 is 2.15 bits per heavy atom. The highest BCUT2D eigenvalue weighted by atomic mass is 35.5. The van der Waals surface area contributed by atoms with Crippen LogP contribution in [-0.2, 0) is 5.60 Å². The van der Waals surface area contributed by atoms with E-state index >= 15 is 0 Å². The summed E-state index contributed by atoms with van der Waals surface area (Å²) in [6.45, 7) is 1.51. The van der Waals surface area contributed by atoms with Crippen LogP contribution in [0.4, 0.5) is 0 Å². The Hall–Kier alpha value is -1.14. The van der Waals surface area contributed by atoms with Gasteiger partial charge in [0.25, 0.3) is 0 Å². The van der Waals surface area contributed by atoms with Gasteiger partial charge in [-0.15, -0.1) is 0 Å². The van der Waals surface area contributed by atoms with Crippen molar-refractivity contribution in [2.45, 2.75) is 25.0 Å². The van der Waals surface area contributed by atoms with Crippen LogP contribution in [0.2, 0.25) is 10.0 Å². The molecular weight excluding hydrogens is 301 g/mol. The van der Waals surface area contributed by atoms with Gasteiger partial charge in [-0.3, -0.25) is 0 Å². The number of halogens is 2. The van der Waals surface area contributed by atoms with Crippen LogP contribution in [0.25, 0.3) is 0 Å². The van der Waals surface area contributed by atoms with Crippen LogP contribution in [0.3, 0.4) is 0 Å². The fourth-order valence-electron chi connectivity index (χ4n) is 2.28. The third-order valence-electron chi connectivity index (χ3n) is 3.42. The van der Waals surface area contributed by atoms with Crippen molar-refractivity contribution in [1.82, 2.24) is 14.8 Å². The molecule has 5 nitrogen and oxygen atoms in total. The number of aliphatic hydroxyl groups excluding tert-OH is 1. The Kier molecular flexibility index (Phi) is 4.65. The lowest BCUT2D eigenvalue weighted by Gasteiger charge is -2.35. The summed E-state index contributed by atoms with van der Waals surface area (Å²) in [5, 5.41) is 25.5. The molecule has 0 saturated heterocycles. The number of rotatable bonds is 5. The number of nitrogens with zero attached hydrogens (tertiary/aromatic N) is 3. The second kappa shape index (κ2) is 6.10. The molecule has 0 fully saturated rings. The largest absolute Gasteiger partial charge is 0.394 e. The second-order valence-corrected chi connectivity index (χ2v) is 5.32. The van der Waals surface area contributed by atoms with Gasteiger partial charge in [-0.25, -0.2) is 9.67 Å². The van der Waals surface area contributed by atoms with Crippen LogP contribution >= 0.6 is 23.2 Å². The smallest absolute Gasteiger partial charge is 0.137 e. The topological polar surface area (TPSA) is 71.2 Å². The Morgan fingerprint density at radius 3 is 2.65 bits per heavy atom. The monoisotopic (exact) mass is 315 g/mol. The van der Waals surface area contributed by atoms with Crippen molar-refractivity contribution in [2.75, 3.05) is 6.61 Å². The van der Waals surface area contributed by atoms with E-state index in [0.29, 0.717) is 22.0 Å². The van der Waals surface area contributed by atoms with E-state index in [9.17, 15) is 10.2 Å². The highest BCUT2D eigenvalue weighted by molar-refractivity contribution is 6.35. The molecular formula is C13H15Cl2N3O2. The molecule has 2 aromatic rings. The van der Waals surface area contributed by atoms with Gasteiger partial charge >= 0.3 is 0 Å². The predicted octanol–water partition coefficient (Wildman–Crippen LogP) is 2.42. The molecule has 2 N–H and O–H groups in total. The molecule has 1 aromatic heterocycles. The minimum absolute atomic E-state index is 0.299. The van der Waals surface area contributed by atoms with Crippen molar-refractivity contribution in [3.05, 3.63) is 46.5 Å². The SMILES string of the molecule is CCC(O)(c1ccc(Cl)cc1Cl)C(CO)n1cncn1. The molecule has 2 atom stereocenters. The summed E-state index contributed by atoms with van der Waals surface area (Å²) in [6, 6.07) is 4.19. The molecule has 2 unspecified atom stereocenters. The molecule has 2 rings (SSSR count). The van der Waals surface area contributed by atoms with Crippen molar-refractivity contribution in [2.24, 2.45) is 0 Å². The second-order valence-electron chi connectivity index (χ2n) is 4.48. The van der Waals surface area contributed by atoms with E-state index in [1.807, 2.05) is 6.92 Å². The highest BCUT2D eigenvalue weighted by Gasteiger charge is 2.40. The molecule has 0 amide bonds. The molecule has 0 aliphatic carbocycles. The zero-order chi connectivity index (χ0) is 14.8. The molecule has 1 aromatic carbocycles. The van der Waals surface area contributed by atoms with Gasteiger partial charge in [0.15, 0.2) is 0 Å². The Bertz CT molecular complexity index is 577. The standard InChI is InChI=1S/C13H15Cl2N3O2/c1-2-13(20,10-4-3-9(14)5-11(10)15)12(6-19)18-8-16-7-17-18/h3-5,7-8,12,19-20H,2,6H2,1H3. The first-order chi connectivity index (χ1) is 9.52. The van der Waals surface area contributed by atoms with Gasteiger partial charge in [0.05, 0.1) is 6.61 Å². The van der Waals surface area contributed by atoms with Crippen LogP contribution in [0, 0.1) is 0 Å². The average Bonchev–Trinajstić information content (AvgIpc) is 2.93. The molecule has 0 aliphatic heterocycles. The molecule has 0 saturated carbocycles. The minimum Gasteiger partial charge on any atom is -0.394 e. The third kappa shape index (κ3) is 2.67. The number of hydrogen-bond donors (Lipinski definition) is 2. The van der Waals surface area contributed by atoms with E-state index in [-0.39, 0.29) is 6.61 Å². The summed E-state index contributed by atoms with van der Waals surface area (Å²) in [4.78, 5) is 3.84. The molecule has 0 radical (unpaired) electrons. The minimum atomic E-state index is -1.37. The summed E-state index contributed by atoms with van der Waals surface area (Å²) in [7, 11) is 0. The number of benzene rings is 1. The van der Waals surface area contributed by atoms with Crippen molar-refractivity contribution in [3.8, 4) is 0 Å². The van der Waals surface area contributed by atoms with E-state index in [1.54, 1.807) is 18.2 Å². The molecule has 0 aliphatic rings. The maximum atomic E-state index is 11.0.